The van der Waals surface area contributed by atoms with Crippen molar-refractivity contribution in [1.29, 1.82) is 0 Å². The van der Waals surface area contributed by atoms with Gasteiger partial charge in [0.05, 0.1) is 10.7 Å². The summed E-state index contributed by atoms with van der Waals surface area (Å²) in [5, 5.41) is 10.3. The molecule has 140 valence electrons. The first-order valence-electron chi connectivity index (χ1n) is 9.30. The van der Waals surface area contributed by atoms with E-state index in [1.807, 2.05) is 14.0 Å². The Morgan fingerprint density at radius 3 is 2.85 bits per heavy atom. The maximum Gasteiger partial charge on any atom is 0.191 e. The number of nitrogens with one attached hydrogen (secondary N) is 2. The summed E-state index contributed by atoms with van der Waals surface area (Å²) in [6.45, 7) is 7.26. The molecule has 2 N–H and O–H groups in total. The largest absolute Gasteiger partial charge is 0.356 e. The summed E-state index contributed by atoms with van der Waals surface area (Å²) in [5.74, 6) is 0.885. The van der Waals surface area contributed by atoms with E-state index < -0.39 is 0 Å². The van der Waals surface area contributed by atoms with Crippen molar-refractivity contribution in [2.75, 3.05) is 20.1 Å². The number of rotatable bonds is 6. The fourth-order valence-corrected chi connectivity index (χ4v) is 4.11. The Morgan fingerprint density at radius 2 is 2.15 bits per heavy atom. The number of aromatic nitrogens is 1. The van der Waals surface area contributed by atoms with E-state index in [2.05, 4.69) is 68.1 Å². The molecule has 0 aliphatic carbocycles. The van der Waals surface area contributed by atoms with Gasteiger partial charge in [-0.15, -0.1) is 11.3 Å². The minimum Gasteiger partial charge on any atom is -0.356 e. The van der Waals surface area contributed by atoms with E-state index in [1.165, 1.54) is 5.56 Å². The molecule has 0 amide bonds. The highest BCUT2D eigenvalue weighted by atomic mass is 32.1. The topological polar surface area (TPSA) is 52.6 Å². The quantitative estimate of drug-likeness (QED) is 0.606. The van der Waals surface area contributed by atoms with Gasteiger partial charge in [0.25, 0.3) is 0 Å². The molecule has 2 unspecified atom stereocenters. The number of hydrogen-bond donors (Lipinski definition) is 2. The van der Waals surface area contributed by atoms with Gasteiger partial charge in [0.15, 0.2) is 5.96 Å². The smallest absolute Gasteiger partial charge is 0.191 e. The molecular formula is C20H29N5S. The Hall–Kier alpha value is -1.92. The molecule has 5 nitrogen and oxygen atoms in total. The SMILES string of the molecule is CN=C(NCCc1csc(C)n1)NC1CC(C)N(Cc2ccccc2)C1. The molecule has 3 rings (SSSR count). The summed E-state index contributed by atoms with van der Waals surface area (Å²) in [5.41, 5.74) is 2.53. The Labute approximate surface area is 160 Å². The van der Waals surface area contributed by atoms with E-state index in [1.54, 1.807) is 11.3 Å². The zero-order valence-electron chi connectivity index (χ0n) is 15.9. The van der Waals surface area contributed by atoms with Crippen LogP contribution in [0.1, 0.15) is 29.6 Å². The van der Waals surface area contributed by atoms with Gasteiger partial charge in [-0.1, -0.05) is 30.3 Å². The summed E-state index contributed by atoms with van der Waals surface area (Å²) in [7, 11) is 1.84. The third kappa shape index (κ3) is 5.29. The van der Waals surface area contributed by atoms with Crippen molar-refractivity contribution in [1.82, 2.24) is 20.5 Å². The van der Waals surface area contributed by atoms with Crippen LogP contribution >= 0.6 is 11.3 Å². The molecule has 2 heterocycles. The molecule has 0 spiro atoms. The number of thiazole rings is 1. The number of aryl methyl sites for hydroxylation is 1. The van der Waals surface area contributed by atoms with Crippen LogP contribution in [0.25, 0.3) is 0 Å². The van der Waals surface area contributed by atoms with Crippen LogP contribution < -0.4 is 10.6 Å². The number of hydrogen-bond acceptors (Lipinski definition) is 4. The van der Waals surface area contributed by atoms with Crippen molar-refractivity contribution in [2.24, 2.45) is 4.99 Å². The van der Waals surface area contributed by atoms with Crippen molar-refractivity contribution in [2.45, 2.75) is 45.3 Å². The number of aliphatic imine (C=N–C) groups is 1. The number of benzene rings is 1. The second-order valence-corrected chi connectivity index (χ2v) is 8.01. The first-order valence-corrected chi connectivity index (χ1v) is 10.2. The molecule has 0 radical (unpaired) electrons. The maximum absolute atomic E-state index is 4.51. The van der Waals surface area contributed by atoms with Crippen LogP contribution in [-0.4, -0.2) is 48.1 Å². The molecule has 1 saturated heterocycles. The summed E-state index contributed by atoms with van der Waals surface area (Å²) in [6.07, 6.45) is 2.06. The van der Waals surface area contributed by atoms with Crippen LogP contribution in [0.2, 0.25) is 0 Å². The highest BCUT2D eigenvalue weighted by molar-refractivity contribution is 7.09. The van der Waals surface area contributed by atoms with Crippen molar-refractivity contribution in [3.8, 4) is 0 Å². The van der Waals surface area contributed by atoms with Gasteiger partial charge in [0.1, 0.15) is 0 Å². The first-order chi connectivity index (χ1) is 12.6. The van der Waals surface area contributed by atoms with Gasteiger partial charge in [-0.25, -0.2) is 4.98 Å². The fourth-order valence-electron chi connectivity index (χ4n) is 3.46. The minimum absolute atomic E-state index is 0.432. The van der Waals surface area contributed by atoms with Gasteiger partial charge in [-0.3, -0.25) is 9.89 Å². The van der Waals surface area contributed by atoms with E-state index in [9.17, 15) is 0 Å². The van der Waals surface area contributed by atoms with Crippen molar-refractivity contribution in [3.63, 3.8) is 0 Å². The molecule has 2 aromatic rings. The van der Waals surface area contributed by atoms with E-state index in [0.29, 0.717) is 12.1 Å². The van der Waals surface area contributed by atoms with Gasteiger partial charge < -0.3 is 10.6 Å². The van der Waals surface area contributed by atoms with Crippen LogP contribution in [0.3, 0.4) is 0 Å². The zero-order valence-corrected chi connectivity index (χ0v) is 16.7. The van der Waals surface area contributed by atoms with Crippen LogP contribution in [0.4, 0.5) is 0 Å². The minimum atomic E-state index is 0.432. The van der Waals surface area contributed by atoms with Gasteiger partial charge in [-0.2, -0.15) is 0 Å². The average Bonchev–Trinajstić information content (AvgIpc) is 3.20. The lowest BCUT2D eigenvalue weighted by atomic mass is 10.2. The van der Waals surface area contributed by atoms with Gasteiger partial charge >= 0.3 is 0 Å². The molecule has 0 bridgehead atoms. The molecule has 1 aliphatic rings. The molecule has 26 heavy (non-hydrogen) atoms. The standard InChI is InChI=1S/C20H29N5S/c1-15-11-19(13-25(15)12-17-7-5-4-6-8-17)24-20(21-3)22-10-9-18-14-26-16(2)23-18/h4-8,14-15,19H,9-13H2,1-3H3,(H2,21,22,24). The highest BCUT2D eigenvalue weighted by Crippen LogP contribution is 2.20. The Balaban J connectivity index is 1.45. The second kappa shape index (κ2) is 9.14. The first kappa shape index (κ1) is 18.9. The highest BCUT2D eigenvalue weighted by Gasteiger charge is 2.29. The molecule has 1 aromatic carbocycles. The molecular weight excluding hydrogens is 342 g/mol. The van der Waals surface area contributed by atoms with E-state index in [4.69, 9.17) is 0 Å². The van der Waals surface area contributed by atoms with Crippen LogP contribution in [0.15, 0.2) is 40.7 Å². The maximum atomic E-state index is 4.51. The molecule has 6 heteroatoms. The van der Waals surface area contributed by atoms with E-state index in [0.717, 1.165) is 49.1 Å². The Bertz CT molecular complexity index is 712. The lowest BCUT2D eigenvalue weighted by Gasteiger charge is -2.21. The Morgan fingerprint density at radius 1 is 1.35 bits per heavy atom. The summed E-state index contributed by atoms with van der Waals surface area (Å²) in [4.78, 5) is 11.4. The van der Waals surface area contributed by atoms with Crippen molar-refractivity contribution in [3.05, 3.63) is 52.0 Å². The average molecular weight is 372 g/mol. The van der Waals surface area contributed by atoms with E-state index in [-0.39, 0.29) is 0 Å². The van der Waals surface area contributed by atoms with E-state index >= 15 is 0 Å². The summed E-state index contributed by atoms with van der Waals surface area (Å²) >= 11 is 1.71. The van der Waals surface area contributed by atoms with Gasteiger partial charge in [0.2, 0.25) is 0 Å². The van der Waals surface area contributed by atoms with Crippen molar-refractivity contribution < 1.29 is 0 Å². The third-order valence-corrected chi connectivity index (χ3v) is 5.66. The normalized spacial score (nSPS) is 21.1. The number of likely N-dealkylation sites (tertiary alicyclic amines) is 1. The Kier molecular flexibility index (Phi) is 6.63. The summed E-state index contributed by atoms with van der Waals surface area (Å²) in [6, 6.07) is 11.7. The third-order valence-electron chi connectivity index (χ3n) is 4.84. The molecule has 2 atom stereocenters. The van der Waals surface area contributed by atoms with Crippen molar-refractivity contribution >= 4 is 17.3 Å². The second-order valence-electron chi connectivity index (χ2n) is 6.95. The predicted molar refractivity (Wildman–Crippen MR) is 110 cm³/mol. The number of nitrogens with zero attached hydrogens (tertiary/aromatic N) is 3. The van der Waals surface area contributed by atoms with Gasteiger partial charge in [0, 0.05) is 50.6 Å². The fraction of sp³-hybridized carbons (Fsp3) is 0.500. The summed E-state index contributed by atoms with van der Waals surface area (Å²) < 4.78 is 0. The lowest BCUT2D eigenvalue weighted by Crippen LogP contribution is -2.45. The number of guanidine groups is 1. The lowest BCUT2D eigenvalue weighted by molar-refractivity contribution is 0.258. The molecule has 1 aromatic heterocycles. The molecule has 1 aliphatic heterocycles. The zero-order chi connectivity index (χ0) is 18.4. The molecule has 0 saturated carbocycles. The monoisotopic (exact) mass is 371 g/mol. The predicted octanol–water partition coefficient (Wildman–Crippen LogP) is 2.82. The molecule has 1 fully saturated rings. The van der Waals surface area contributed by atoms with Crippen LogP contribution in [-0.2, 0) is 13.0 Å². The van der Waals surface area contributed by atoms with Gasteiger partial charge in [-0.05, 0) is 25.8 Å². The van der Waals surface area contributed by atoms with Crippen LogP contribution in [0, 0.1) is 6.92 Å². The van der Waals surface area contributed by atoms with Crippen LogP contribution in [0.5, 0.6) is 0 Å².